The molecule has 0 aliphatic carbocycles. The molecule has 1 aliphatic heterocycles. The second-order valence-electron chi connectivity index (χ2n) is 9.05. The van der Waals surface area contributed by atoms with E-state index in [9.17, 15) is 0 Å². The van der Waals surface area contributed by atoms with Crippen LogP contribution in [-0.4, -0.2) is 43.6 Å². The van der Waals surface area contributed by atoms with Gasteiger partial charge >= 0.3 is 0 Å². The SMILES string of the molecule is CC(C)c1cc(C2CCN(C(C)C)C2)nc2c(-c3cnc4ccccc4c3)cnn12. The molecule has 0 N–H and O–H groups in total. The summed E-state index contributed by atoms with van der Waals surface area (Å²) in [5.41, 5.74) is 6.49. The van der Waals surface area contributed by atoms with Gasteiger partial charge in [-0.25, -0.2) is 9.50 Å². The van der Waals surface area contributed by atoms with Crippen molar-refractivity contribution >= 4 is 16.6 Å². The molecule has 154 valence electrons. The predicted molar refractivity (Wildman–Crippen MR) is 122 cm³/mol. The van der Waals surface area contributed by atoms with E-state index < -0.39 is 0 Å². The van der Waals surface area contributed by atoms with Gasteiger partial charge in [-0.3, -0.25) is 4.98 Å². The summed E-state index contributed by atoms with van der Waals surface area (Å²) < 4.78 is 2.02. The number of hydrogen-bond donors (Lipinski definition) is 0. The second-order valence-corrected chi connectivity index (χ2v) is 9.05. The Morgan fingerprint density at radius 2 is 1.87 bits per heavy atom. The van der Waals surface area contributed by atoms with E-state index in [-0.39, 0.29) is 0 Å². The van der Waals surface area contributed by atoms with Crippen LogP contribution in [0.1, 0.15) is 57.3 Å². The molecular formula is C25H29N5. The molecule has 4 aromatic rings. The summed E-state index contributed by atoms with van der Waals surface area (Å²) in [5, 5.41) is 5.86. The minimum absolute atomic E-state index is 0.374. The maximum Gasteiger partial charge on any atom is 0.163 e. The molecule has 3 aromatic heterocycles. The molecule has 5 nitrogen and oxygen atoms in total. The Bertz CT molecular complexity index is 1210. The van der Waals surface area contributed by atoms with Crippen molar-refractivity contribution in [3.8, 4) is 11.1 Å². The fourth-order valence-corrected chi connectivity index (χ4v) is 4.55. The zero-order valence-electron chi connectivity index (χ0n) is 18.2. The first-order valence-electron chi connectivity index (χ1n) is 11.0. The summed E-state index contributed by atoms with van der Waals surface area (Å²) in [6.07, 6.45) is 5.05. The number of nitrogens with zero attached hydrogens (tertiary/aromatic N) is 5. The van der Waals surface area contributed by atoms with Crippen LogP contribution in [0.25, 0.3) is 27.7 Å². The molecule has 1 fully saturated rings. The van der Waals surface area contributed by atoms with Crippen LogP contribution in [0.5, 0.6) is 0 Å². The highest BCUT2D eigenvalue weighted by Gasteiger charge is 2.28. The third-order valence-electron chi connectivity index (χ3n) is 6.38. The highest BCUT2D eigenvalue weighted by molar-refractivity contribution is 5.86. The molecule has 1 aromatic carbocycles. The Balaban J connectivity index is 1.64. The largest absolute Gasteiger partial charge is 0.300 e. The Kier molecular flexibility index (Phi) is 4.78. The van der Waals surface area contributed by atoms with Gasteiger partial charge in [0.2, 0.25) is 0 Å². The average Bonchev–Trinajstić information content (AvgIpc) is 3.40. The molecule has 0 saturated carbocycles. The topological polar surface area (TPSA) is 46.3 Å². The van der Waals surface area contributed by atoms with Crippen molar-refractivity contribution in [1.82, 2.24) is 24.5 Å². The normalized spacial score (nSPS) is 17.7. The number of benzene rings is 1. The molecule has 1 atom stereocenters. The second kappa shape index (κ2) is 7.47. The van der Waals surface area contributed by atoms with Gasteiger partial charge in [0.25, 0.3) is 0 Å². The Hall–Kier alpha value is -2.79. The number of pyridine rings is 1. The van der Waals surface area contributed by atoms with Crippen molar-refractivity contribution in [2.75, 3.05) is 13.1 Å². The van der Waals surface area contributed by atoms with E-state index in [0.717, 1.165) is 40.8 Å². The molecule has 0 amide bonds. The van der Waals surface area contributed by atoms with Crippen LogP contribution in [0.3, 0.4) is 0 Å². The number of fused-ring (bicyclic) bond motifs is 2. The molecule has 4 heterocycles. The summed E-state index contributed by atoms with van der Waals surface area (Å²) in [6, 6.07) is 13.3. The summed E-state index contributed by atoms with van der Waals surface area (Å²) in [6.45, 7) is 11.2. The molecule has 1 unspecified atom stereocenters. The van der Waals surface area contributed by atoms with Gasteiger partial charge in [0.1, 0.15) is 0 Å². The molecule has 5 heteroatoms. The number of rotatable bonds is 4. The van der Waals surface area contributed by atoms with Crippen LogP contribution in [0.4, 0.5) is 0 Å². The summed E-state index contributed by atoms with van der Waals surface area (Å²) in [5.74, 6) is 0.853. The lowest BCUT2D eigenvalue weighted by atomic mass is 10.0. The van der Waals surface area contributed by atoms with Gasteiger partial charge in [0, 0.05) is 52.6 Å². The lowest BCUT2D eigenvalue weighted by molar-refractivity contribution is 0.272. The van der Waals surface area contributed by atoms with Gasteiger partial charge in [0.15, 0.2) is 5.65 Å². The first-order chi connectivity index (χ1) is 14.5. The number of likely N-dealkylation sites (tertiary alicyclic amines) is 1. The maximum atomic E-state index is 5.16. The predicted octanol–water partition coefficient (Wildman–Crippen LogP) is 5.27. The molecule has 5 rings (SSSR count). The molecular weight excluding hydrogens is 370 g/mol. The van der Waals surface area contributed by atoms with Crippen molar-refractivity contribution in [2.24, 2.45) is 0 Å². The van der Waals surface area contributed by atoms with E-state index >= 15 is 0 Å². The van der Waals surface area contributed by atoms with Crippen molar-refractivity contribution in [1.29, 1.82) is 0 Å². The lowest BCUT2D eigenvalue weighted by Crippen LogP contribution is -2.28. The maximum absolute atomic E-state index is 5.16. The van der Waals surface area contributed by atoms with Crippen LogP contribution in [0.2, 0.25) is 0 Å². The standard InChI is InChI=1S/C25H29N5/c1-16(2)24-12-23(19-9-10-29(15-19)17(3)4)28-25-21(14-27-30(24)25)20-11-18-7-5-6-8-22(18)26-13-20/h5-8,11-14,16-17,19H,9-10,15H2,1-4H3. The fraction of sp³-hybridized carbons (Fsp3) is 0.400. The van der Waals surface area contributed by atoms with E-state index in [1.54, 1.807) is 0 Å². The van der Waals surface area contributed by atoms with Crippen LogP contribution in [0.15, 0.2) is 48.8 Å². The fourth-order valence-electron chi connectivity index (χ4n) is 4.55. The van der Waals surface area contributed by atoms with Crippen LogP contribution in [-0.2, 0) is 0 Å². The monoisotopic (exact) mass is 399 g/mol. The number of para-hydroxylation sites is 1. The molecule has 1 saturated heterocycles. The molecule has 0 spiro atoms. The highest BCUT2D eigenvalue weighted by atomic mass is 15.3. The first kappa shape index (κ1) is 19.2. The van der Waals surface area contributed by atoms with E-state index in [2.05, 4.69) is 61.8 Å². The quantitative estimate of drug-likeness (QED) is 0.469. The van der Waals surface area contributed by atoms with Gasteiger partial charge in [0.05, 0.1) is 11.7 Å². The smallest absolute Gasteiger partial charge is 0.163 e. The van der Waals surface area contributed by atoms with E-state index in [1.165, 1.54) is 17.8 Å². The van der Waals surface area contributed by atoms with Gasteiger partial charge < -0.3 is 4.90 Å². The Morgan fingerprint density at radius 1 is 1.03 bits per heavy atom. The minimum Gasteiger partial charge on any atom is -0.300 e. The zero-order chi connectivity index (χ0) is 20.8. The average molecular weight is 400 g/mol. The van der Waals surface area contributed by atoms with Crippen LogP contribution in [0, 0.1) is 0 Å². The first-order valence-corrected chi connectivity index (χ1v) is 11.0. The van der Waals surface area contributed by atoms with Crippen molar-refractivity contribution in [3.05, 3.63) is 60.2 Å². The van der Waals surface area contributed by atoms with Gasteiger partial charge in [-0.1, -0.05) is 32.0 Å². The summed E-state index contributed by atoms with van der Waals surface area (Å²) in [4.78, 5) is 12.4. The Morgan fingerprint density at radius 3 is 2.63 bits per heavy atom. The molecule has 0 bridgehead atoms. The third kappa shape index (κ3) is 3.27. The molecule has 30 heavy (non-hydrogen) atoms. The molecule has 1 aliphatic rings. The zero-order valence-corrected chi connectivity index (χ0v) is 18.2. The summed E-state index contributed by atoms with van der Waals surface area (Å²) in [7, 11) is 0. The Labute approximate surface area is 177 Å². The van der Waals surface area contributed by atoms with Gasteiger partial charge in [-0.05, 0) is 50.9 Å². The lowest BCUT2D eigenvalue weighted by Gasteiger charge is -2.20. The minimum atomic E-state index is 0.374. The van der Waals surface area contributed by atoms with Gasteiger partial charge in [-0.2, -0.15) is 5.10 Å². The van der Waals surface area contributed by atoms with Crippen molar-refractivity contribution < 1.29 is 0 Å². The van der Waals surface area contributed by atoms with E-state index in [4.69, 9.17) is 10.1 Å². The summed E-state index contributed by atoms with van der Waals surface area (Å²) >= 11 is 0. The van der Waals surface area contributed by atoms with Gasteiger partial charge in [-0.15, -0.1) is 0 Å². The number of hydrogen-bond acceptors (Lipinski definition) is 4. The van der Waals surface area contributed by atoms with E-state index in [1.807, 2.05) is 29.0 Å². The highest BCUT2D eigenvalue weighted by Crippen LogP contribution is 2.32. The van der Waals surface area contributed by atoms with Crippen LogP contribution >= 0.6 is 0 Å². The van der Waals surface area contributed by atoms with E-state index in [0.29, 0.717) is 17.9 Å². The molecule has 0 radical (unpaired) electrons. The number of aromatic nitrogens is 4. The third-order valence-corrected chi connectivity index (χ3v) is 6.38. The van der Waals surface area contributed by atoms with Crippen molar-refractivity contribution in [3.63, 3.8) is 0 Å². The van der Waals surface area contributed by atoms with Crippen LogP contribution < -0.4 is 0 Å². The van der Waals surface area contributed by atoms with Crippen molar-refractivity contribution in [2.45, 2.75) is 52.0 Å².